The van der Waals surface area contributed by atoms with Gasteiger partial charge in [-0.1, -0.05) is 6.07 Å². The molecule has 34 heavy (non-hydrogen) atoms. The molecule has 3 aliphatic rings. The molecule has 1 N–H and O–H groups in total. The van der Waals surface area contributed by atoms with Gasteiger partial charge in [-0.3, -0.25) is 9.89 Å². The standard InChI is InChI=1S/C25H29F2N7/c26-18-5-4-17(15-19(18)27)6-10-32-11-13-33(14-12-32)25-23-22(30-16-31-25)21(24-28-7-8-29-24)20-3-1-2-9-34(20)23/h4-5,15-16H,1-3,6-14H2,(H,28,29). The van der Waals surface area contributed by atoms with Crippen molar-refractivity contribution < 1.29 is 8.78 Å². The number of nitrogens with zero attached hydrogens (tertiary/aromatic N) is 6. The van der Waals surface area contributed by atoms with Gasteiger partial charge in [0.15, 0.2) is 17.5 Å². The molecule has 6 rings (SSSR count). The zero-order valence-electron chi connectivity index (χ0n) is 19.2. The lowest BCUT2D eigenvalue weighted by atomic mass is 10.1. The van der Waals surface area contributed by atoms with Gasteiger partial charge in [0.2, 0.25) is 0 Å². The molecule has 1 aromatic carbocycles. The quantitative estimate of drug-likeness (QED) is 0.628. The van der Waals surface area contributed by atoms with E-state index in [9.17, 15) is 8.78 Å². The van der Waals surface area contributed by atoms with Crippen molar-refractivity contribution in [2.75, 3.05) is 50.7 Å². The van der Waals surface area contributed by atoms with Crippen molar-refractivity contribution in [1.82, 2.24) is 24.8 Å². The summed E-state index contributed by atoms with van der Waals surface area (Å²) >= 11 is 0. The SMILES string of the molecule is Fc1ccc(CCN2CCN(c3ncnc4c(C5=NCCN5)c5n(c34)CCCC5)CC2)cc1F. The lowest BCUT2D eigenvalue weighted by Gasteiger charge is -2.35. The van der Waals surface area contributed by atoms with Gasteiger partial charge in [-0.2, -0.15) is 0 Å². The van der Waals surface area contributed by atoms with Crippen LogP contribution < -0.4 is 10.2 Å². The van der Waals surface area contributed by atoms with Crippen LogP contribution in [0.25, 0.3) is 11.0 Å². The number of piperazine rings is 1. The summed E-state index contributed by atoms with van der Waals surface area (Å²) in [7, 11) is 0. The van der Waals surface area contributed by atoms with Crippen LogP contribution in [0.2, 0.25) is 0 Å². The van der Waals surface area contributed by atoms with Crippen molar-refractivity contribution in [2.45, 2.75) is 32.2 Å². The molecule has 5 heterocycles. The number of halogens is 2. The third kappa shape index (κ3) is 3.81. The van der Waals surface area contributed by atoms with Gasteiger partial charge >= 0.3 is 0 Å². The highest BCUT2D eigenvalue weighted by Crippen LogP contribution is 2.35. The molecule has 0 radical (unpaired) electrons. The fourth-order valence-electron chi connectivity index (χ4n) is 5.49. The highest BCUT2D eigenvalue weighted by molar-refractivity contribution is 6.12. The van der Waals surface area contributed by atoms with Crippen molar-refractivity contribution in [3.63, 3.8) is 0 Å². The van der Waals surface area contributed by atoms with Crippen molar-refractivity contribution in [2.24, 2.45) is 4.99 Å². The monoisotopic (exact) mass is 465 g/mol. The number of amidine groups is 1. The smallest absolute Gasteiger partial charge is 0.159 e. The largest absolute Gasteiger partial charge is 0.368 e. The molecule has 0 unspecified atom stereocenters. The molecule has 3 aromatic rings. The van der Waals surface area contributed by atoms with E-state index in [1.165, 1.54) is 36.2 Å². The number of aromatic nitrogens is 3. The summed E-state index contributed by atoms with van der Waals surface area (Å²) in [6.45, 7) is 7.07. The van der Waals surface area contributed by atoms with Crippen LogP contribution in [0.4, 0.5) is 14.6 Å². The molecule has 0 aliphatic carbocycles. The molecule has 0 amide bonds. The summed E-state index contributed by atoms with van der Waals surface area (Å²) in [5.74, 6) is 0.425. The first-order chi connectivity index (χ1) is 16.7. The Bertz CT molecular complexity index is 1240. The summed E-state index contributed by atoms with van der Waals surface area (Å²) in [5, 5.41) is 3.45. The topological polar surface area (TPSA) is 61.6 Å². The molecule has 0 atom stereocenters. The Balaban J connectivity index is 1.22. The molecule has 0 bridgehead atoms. The third-order valence-corrected chi connectivity index (χ3v) is 7.25. The normalized spacial score (nSPS) is 18.8. The second-order valence-corrected chi connectivity index (χ2v) is 9.31. The van der Waals surface area contributed by atoms with E-state index >= 15 is 0 Å². The fourth-order valence-corrected chi connectivity index (χ4v) is 5.49. The average Bonchev–Trinajstić information content (AvgIpc) is 3.51. The molecular weight excluding hydrogens is 436 g/mol. The van der Waals surface area contributed by atoms with Crippen molar-refractivity contribution in [3.05, 3.63) is 53.0 Å². The van der Waals surface area contributed by atoms with Gasteiger partial charge in [0, 0.05) is 51.5 Å². The Morgan fingerprint density at radius 2 is 1.85 bits per heavy atom. The number of anilines is 1. The van der Waals surface area contributed by atoms with Crippen LogP contribution in [0.3, 0.4) is 0 Å². The molecule has 7 nitrogen and oxygen atoms in total. The lowest BCUT2D eigenvalue weighted by Crippen LogP contribution is -2.47. The summed E-state index contributed by atoms with van der Waals surface area (Å²) in [6, 6.07) is 4.19. The fraction of sp³-hybridized carbons (Fsp3) is 0.480. The van der Waals surface area contributed by atoms with Crippen LogP contribution in [0.15, 0.2) is 29.5 Å². The maximum Gasteiger partial charge on any atom is 0.159 e. The van der Waals surface area contributed by atoms with Gasteiger partial charge in [0.1, 0.15) is 23.2 Å². The number of hydrogen-bond donors (Lipinski definition) is 1. The van der Waals surface area contributed by atoms with Crippen molar-refractivity contribution in [3.8, 4) is 0 Å². The number of aliphatic imine (C=N–C) groups is 1. The minimum Gasteiger partial charge on any atom is -0.368 e. The first kappa shape index (κ1) is 21.5. The minimum absolute atomic E-state index is 0.708. The molecule has 9 heteroatoms. The van der Waals surface area contributed by atoms with Gasteiger partial charge in [0.25, 0.3) is 0 Å². The molecule has 3 aliphatic heterocycles. The van der Waals surface area contributed by atoms with E-state index in [0.717, 1.165) is 87.0 Å². The summed E-state index contributed by atoms with van der Waals surface area (Å²) in [6.07, 6.45) is 5.81. The van der Waals surface area contributed by atoms with E-state index in [4.69, 9.17) is 15.0 Å². The van der Waals surface area contributed by atoms with E-state index in [1.54, 1.807) is 12.4 Å². The van der Waals surface area contributed by atoms with E-state index in [1.807, 2.05) is 0 Å². The van der Waals surface area contributed by atoms with E-state index < -0.39 is 11.6 Å². The summed E-state index contributed by atoms with van der Waals surface area (Å²) in [5.41, 5.74) is 5.48. The number of rotatable bonds is 5. The number of hydrogen-bond acceptors (Lipinski definition) is 6. The van der Waals surface area contributed by atoms with Crippen LogP contribution >= 0.6 is 0 Å². The van der Waals surface area contributed by atoms with Gasteiger partial charge in [0.05, 0.1) is 12.1 Å². The van der Waals surface area contributed by atoms with Crippen LogP contribution in [-0.2, 0) is 19.4 Å². The average molecular weight is 466 g/mol. The molecular formula is C25H29F2N7. The van der Waals surface area contributed by atoms with Crippen molar-refractivity contribution >= 4 is 22.7 Å². The van der Waals surface area contributed by atoms with E-state index in [2.05, 4.69) is 19.7 Å². The molecule has 1 fully saturated rings. The lowest BCUT2D eigenvalue weighted by molar-refractivity contribution is 0.260. The Morgan fingerprint density at radius 1 is 0.971 bits per heavy atom. The number of benzene rings is 1. The van der Waals surface area contributed by atoms with Crippen molar-refractivity contribution in [1.29, 1.82) is 0 Å². The van der Waals surface area contributed by atoms with Gasteiger partial charge in [-0.25, -0.2) is 18.7 Å². The van der Waals surface area contributed by atoms with Crippen LogP contribution in [-0.4, -0.2) is 71.1 Å². The number of nitrogens with one attached hydrogen (secondary N) is 1. The molecule has 178 valence electrons. The number of aryl methyl sites for hydroxylation is 1. The van der Waals surface area contributed by atoms with Crippen LogP contribution in [0.5, 0.6) is 0 Å². The maximum absolute atomic E-state index is 13.5. The van der Waals surface area contributed by atoms with E-state index in [0.29, 0.717) is 6.42 Å². The first-order valence-corrected chi connectivity index (χ1v) is 12.2. The van der Waals surface area contributed by atoms with Crippen LogP contribution in [0, 0.1) is 11.6 Å². The highest BCUT2D eigenvalue weighted by atomic mass is 19.2. The maximum atomic E-state index is 13.5. The molecule has 2 aromatic heterocycles. The zero-order valence-corrected chi connectivity index (χ0v) is 19.2. The Kier molecular flexibility index (Phi) is 5.64. The Hall–Kier alpha value is -3.07. The predicted octanol–water partition coefficient (Wildman–Crippen LogP) is 2.76. The summed E-state index contributed by atoms with van der Waals surface area (Å²) in [4.78, 5) is 18.9. The first-order valence-electron chi connectivity index (χ1n) is 12.2. The minimum atomic E-state index is -0.792. The number of fused-ring (bicyclic) bond motifs is 3. The third-order valence-electron chi connectivity index (χ3n) is 7.25. The molecule has 1 saturated heterocycles. The van der Waals surface area contributed by atoms with Crippen LogP contribution in [0.1, 0.15) is 29.7 Å². The molecule has 0 saturated carbocycles. The Labute approximate surface area is 197 Å². The Morgan fingerprint density at radius 3 is 2.65 bits per heavy atom. The second-order valence-electron chi connectivity index (χ2n) is 9.31. The van der Waals surface area contributed by atoms with E-state index in [-0.39, 0.29) is 0 Å². The van der Waals surface area contributed by atoms with Gasteiger partial charge in [-0.15, -0.1) is 0 Å². The predicted molar refractivity (Wildman–Crippen MR) is 129 cm³/mol. The van der Waals surface area contributed by atoms with Gasteiger partial charge in [-0.05, 0) is 43.4 Å². The van der Waals surface area contributed by atoms with Gasteiger partial charge < -0.3 is 14.8 Å². The molecule has 0 spiro atoms. The zero-order chi connectivity index (χ0) is 23.1. The highest BCUT2D eigenvalue weighted by Gasteiger charge is 2.29. The summed E-state index contributed by atoms with van der Waals surface area (Å²) < 4.78 is 29.1. The second kappa shape index (κ2) is 8.94.